The van der Waals surface area contributed by atoms with E-state index in [-0.39, 0.29) is 23.5 Å². The SMILES string of the molecule is COC(=O)CC[C@@H](C)C1CC[C@H]2[C@H]3C(CC(N)C12C)C1(C)CC[C@@H](N)C[C@@H]1C[C@@H]3N. The summed E-state index contributed by atoms with van der Waals surface area (Å²) in [6.07, 6.45) is 9.63. The van der Waals surface area contributed by atoms with Crippen molar-refractivity contribution in [2.24, 2.45) is 63.5 Å². The third-order valence-electron chi connectivity index (χ3n) is 10.8. The molecule has 0 spiro atoms. The van der Waals surface area contributed by atoms with E-state index in [0.717, 1.165) is 32.1 Å². The number of esters is 1. The molecule has 0 radical (unpaired) electrons. The highest BCUT2D eigenvalue weighted by Gasteiger charge is 2.64. The molecule has 5 heteroatoms. The molecule has 5 unspecified atom stereocenters. The molecular formula is C25H45N3O2. The summed E-state index contributed by atoms with van der Waals surface area (Å²) in [5.74, 6) is 3.45. The first-order valence-corrected chi connectivity index (χ1v) is 12.5. The quantitative estimate of drug-likeness (QED) is 0.606. The van der Waals surface area contributed by atoms with Crippen LogP contribution in [0.4, 0.5) is 0 Å². The van der Waals surface area contributed by atoms with Crippen LogP contribution in [0, 0.1) is 46.3 Å². The highest BCUT2D eigenvalue weighted by Crippen LogP contribution is 2.67. The fourth-order valence-electron chi connectivity index (χ4n) is 9.02. The fourth-order valence-corrected chi connectivity index (χ4v) is 9.02. The average molecular weight is 420 g/mol. The minimum Gasteiger partial charge on any atom is -0.469 e. The Hall–Kier alpha value is -0.650. The molecule has 0 aromatic carbocycles. The Bertz CT molecular complexity index is 656. The number of hydrogen-bond acceptors (Lipinski definition) is 5. The van der Waals surface area contributed by atoms with Crippen molar-refractivity contribution in [3.8, 4) is 0 Å². The molecule has 4 rings (SSSR count). The lowest BCUT2D eigenvalue weighted by molar-refractivity contribution is -0.142. The lowest BCUT2D eigenvalue weighted by Gasteiger charge is -2.64. The molecule has 4 aliphatic carbocycles. The van der Waals surface area contributed by atoms with Crippen molar-refractivity contribution in [3.05, 3.63) is 0 Å². The van der Waals surface area contributed by atoms with Crippen molar-refractivity contribution in [1.82, 2.24) is 0 Å². The van der Waals surface area contributed by atoms with Gasteiger partial charge in [0.05, 0.1) is 7.11 Å². The molecule has 5 nitrogen and oxygen atoms in total. The molecule has 0 aromatic heterocycles. The second-order valence-electron chi connectivity index (χ2n) is 11.9. The number of rotatable bonds is 4. The molecule has 0 saturated heterocycles. The van der Waals surface area contributed by atoms with Crippen molar-refractivity contribution in [3.63, 3.8) is 0 Å². The van der Waals surface area contributed by atoms with Crippen LogP contribution < -0.4 is 17.2 Å². The number of fused-ring (bicyclic) bond motifs is 5. The van der Waals surface area contributed by atoms with E-state index in [1.165, 1.54) is 26.4 Å². The third-order valence-corrected chi connectivity index (χ3v) is 10.8. The van der Waals surface area contributed by atoms with Crippen molar-refractivity contribution >= 4 is 5.97 Å². The number of ether oxygens (including phenoxy) is 1. The standard InChI is InChI=1S/C25H45N3O2/c1-14(5-8-22(29)30-4)17-6-7-18-23-19(13-21(28)25(17,18)3)24(2)10-9-16(26)11-15(24)12-20(23)27/h14-21,23H,5-13,26-28H2,1-4H3/t14-,15-,16-,17?,18+,19?,20+,21?,23+,24?,25?/m1/s1. The predicted molar refractivity (Wildman–Crippen MR) is 120 cm³/mol. The molecule has 4 saturated carbocycles. The van der Waals surface area contributed by atoms with Gasteiger partial charge in [0.15, 0.2) is 0 Å². The molecule has 4 fully saturated rings. The number of carbonyl (C=O) groups excluding carboxylic acids is 1. The highest BCUT2D eigenvalue weighted by molar-refractivity contribution is 5.69. The van der Waals surface area contributed by atoms with Crippen molar-refractivity contribution in [2.45, 2.75) is 96.7 Å². The van der Waals surface area contributed by atoms with Crippen LogP contribution in [0.2, 0.25) is 0 Å². The van der Waals surface area contributed by atoms with E-state index in [4.69, 9.17) is 21.9 Å². The van der Waals surface area contributed by atoms with Gasteiger partial charge in [-0.25, -0.2) is 0 Å². The first kappa shape index (κ1) is 22.5. The summed E-state index contributed by atoms with van der Waals surface area (Å²) >= 11 is 0. The molecule has 172 valence electrons. The van der Waals surface area contributed by atoms with Crippen molar-refractivity contribution in [2.75, 3.05) is 7.11 Å². The summed E-state index contributed by atoms with van der Waals surface area (Å²) in [5.41, 5.74) is 20.9. The van der Waals surface area contributed by atoms with Gasteiger partial charge in [-0.05, 0) is 97.7 Å². The molecule has 0 amide bonds. The van der Waals surface area contributed by atoms with Gasteiger partial charge < -0.3 is 21.9 Å². The average Bonchev–Trinajstić information content (AvgIpc) is 3.06. The molecule has 0 heterocycles. The topological polar surface area (TPSA) is 104 Å². The largest absolute Gasteiger partial charge is 0.469 e. The summed E-state index contributed by atoms with van der Waals surface area (Å²) in [7, 11) is 1.48. The van der Waals surface area contributed by atoms with E-state index >= 15 is 0 Å². The number of carbonyl (C=O) groups is 1. The second-order valence-corrected chi connectivity index (χ2v) is 11.9. The van der Waals surface area contributed by atoms with Crippen LogP contribution >= 0.6 is 0 Å². The third kappa shape index (κ3) is 3.34. The molecule has 4 aliphatic rings. The zero-order valence-corrected chi connectivity index (χ0v) is 19.6. The summed E-state index contributed by atoms with van der Waals surface area (Å²) < 4.78 is 4.88. The van der Waals surface area contributed by atoms with E-state index in [1.54, 1.807) is 0 Å². The first-order chi connectivity index (χ1) is 14.1. The molecule has 0 aromatic rings. The maximum Gasteiger partial charge on any atom is 0.305 e. The molecule has 0 aliphatic heterocycles. The van der Waals surface area contributed by atoms with E-state index in [9.17, 15) is 4.79 Å². The summed E-state index contributed by atoms with van der Waals surface area (Å²) in [5, 5.41) is 0. The lowest BCUT2D eigenvalue weighted by atomic mass is 9.42. The Morgan fingerprint density at radius 2 is 1.80 bits per heavy atom. The summed E-state index contributed by atoms with van der Waals surface area (Å²) in [6, 6.07) is 0.843. The molecular weight excluding hydrogens is 374 g/mol. The minimum absolute atomic E-state index is 0.0988. The van der Waals surface area contributed by atoms with Crippen LogP contribution in [0.15, 0.2) is 0 Å². The number of methoxy groups -OCH3 is 1. The molecule has 6 N–H and O–H groups in total. The monoisotopic (exact) mass is 419 g/mol. The first-order valence-electron chi connectivity index (χ1n) is 12.5. The van der Waals surface area contributed by atoms with Crippen LogP contribution in [0.1, 0.15) is 78.6 Å². The summed E-state index contributed by atoms with van der Waals surface area (Å²) in [6.45, 7) is 7.32. The zero-order chi connectivity index (χ0) is 21.8. The Kier molecular flexibility index (Phi) is 6.04. The molecule has 11 atom stereocenters. The van der Waals surface area contributed by atoms with Crippen LogP contribution in [0.25, 0.3) is 0 Å². The van der Waals surface area contributed by atoms with Crippen LogP contribution in [-0.2, 0) is 9.53 Å². The normalized spacial score (nSPS) is 51.4. The van der Waals surface area contributed by atoms with Crippen molar-refractivity contribution in [1.29, 1.82) is 0 Å². The summed E-state index contributed by atoms with van der Waals surface area (Å²) in [4.78, 5) is 11.7. The van der Waals surface area contributed by atoms with Crippen LogP contribution in [0.3, 0.4) is 0 Å². The van der Waals surface area contributed by atoms with E-state index in [2.05, 4.69) is 20.8 Å². The Labute approximate surface area is 183 Å². The second kappa shape index (κ2) is 8.04. The maximum atomic E-state index is 11.7. The molecule has 30 heavy (non-hydrogen) atoms. The van der Waals surface area contributed by atoms with Gasteiger partial charge in [-0.15, -0.1) is 0 Å². The van der Waals surface area contributed by atoms with Gasteiger partial charge in [0.2, 0.25) is 0 Å². The molecule has 0 bridgehead atoms. The predicted octanol–water partition coefficient (Wildman–Crippen LogP) is 3.44. The van der Waals surface area contributed by atoms with Gasteiger partial charge in [0.25, 0.3) is 0 Å². The Morgan fingerprint density at radius 3 is 2.50 bits per heavy atom. The van der Waals surface area contributed by atoms with E-state index in [1.807, 2.05) is 0 Å². The smallest absolute Gasteiger partial charge is 0.305 e. The van der Waals surface area contributed by atoms with Crippen LogP contribution in [-0.4, -0.2) is 31.2 Å². The minimum atomic E-state index is -0.0988. The zero-order valence-electron chi connectivity index (χ0n) is 19.6. The van der Waals surface area contributed by atoms with Gasteiger partial charge in [0.1, 0.15) is 0 Å². The Balaban J connectivity index is 1.58. The number of hydrogen-bond donors (Lipinski definition) is 3. The van der Waals surface area contributed by atoms with E-state index in [0.29, 0.717) is 53.4 Å². The van der Waals surface area contributed by atoms with Gasteiger partial charge >= 0.3 is 5.97 Å². The Morgan fingerprint density at radius 1 is 1.07 bits per heavy atom. The van der Waals surface area contributed by atoms with Crippen LogP contribution in [0.5, 0.6) is 0 Å². The van der Waals surface area contributed by atoms with Gasteiger partial charge in [0, 0.05) is 24.5 Å². The number of nitrogens with two attached hydrogens (primary N) is 3. The van der Waals surface area contributed by atoms with Gasteiger partial charge in [-0.3, -0.25) is 4.79 Å². The lowest BCUT2D eigenvalue weighted by Crippen LogP contribution is -2.65. The fraction of sp³-hybridized carbons (Fsp3) is 0.960. The maximum absolute atomic E-state index is 11.7. The van der Waals surface area contributed by atoms with Crippen molar-refractivity contribution < 1.29 is 9.53 Å². The van der Waals surface area contributed by atoms with E-state index < -0.39 is 0 Å². The van der Waals surface area contributed by atoms with Gasteiger partial charge in [-0.1, -0.05) is 20.8 Å². The highest BCUT2D eigenvalue weighted by atomic mass is 16.5. The van der Waals surface area contributed by atoms with Gasteiger partial charge in [-0.2, -0.15) is 0 Å².